The number of fused-ring (bicyclic) bond motifs is 1. The van der Waals surface area contributed by atoms with Crippen molar-refractivity contribution in [3.8, 4) is 34.8 Å². The Morgan fingerprint density at radius 3 is 2.43 bits per heavy atom. The molecule has 2 aromatic carbocycles. The molecule has 0 fully saturated rings. The van der Waals surface area contributed by atoms with E-state index in [-0.39, 0.29) is 6.79 Å². The largest absolute Gasteiger partial charge is 0.493 e. The van der Waals surface area contributed by atoms with E-state index in [0.29, 0.717) is 40.9 Å². The van der Waals surface area contributed by atoms with Crippen LogP contribution in [0.2, 0.25) is 0 Å². The van der Waals surface area contributed by atoms with Crippen LogP contribution in [0.5, 0.6) is 28.7 Å². The van der Waals surface area contributed by atoms with Gasteiger partial charge >= 0.3 is 0 Å². The maximum Gasteiger partial charge on any atom is 0.231 e. The van der Waals surface area contributed by atoms with Crippen LogP contribution in [0.1, 0.15) is 43.7 Å². The van der Waals surface area contributed by atoms with Crippen LogP contribution in [0.4, 0.5) is 0 Å². The van der Waals surface area contributed by atoms with E-state index >= 15 is 0 Å². The number of nitrogens with zero attached hydrogens (tertiary/aromatic N) is 1. The average Bonchev–Trinajstić information content (AvgIpc) is 3.25. The molecule has 0 radical (unpaired) electrons. The van der Waals surface area contributed by atoms with E-state index in [9.17, 15) is 5.26 Å². The van der Waals surface area contributed by atoms with Gasteiger partial charge in [0, 0.05) is 0 Å². The van der Waals surface area contributed by atoms with Crippen LogP contribution in [0.15, 0.2) is 30.3 Å². The molecule has 0 unspecified atom stereocenters. The molecule has 2 aromatic rings. The van der Waals surface area contributed by atoms with E-state index in [1.54, 1.807) is 32.4 Å². The Morgan fingerprint density at radius 1 is 1.03 bits per heavy atom. The normalized spacial score (nSPS) is 12.4. The molecule has 6 heteroatoms. The molecule has 0 N–H and O–H groups in total. The fourth-order valence-electron chi connectivity index (χ4n) is 3.24. The molecule has 1 heterocycles. The molecule has 0 spiro atoms. The Labute approximate surface area is 177 Å². The lowest BCUT2D eigenvalue weighted by molar-refractivity contribution is 0.174. The first-order chi connectivity index (χ1) is 14.7. The highest BCUT2D eigenvalue weighted by atomic mass is 16.7. The number of nitriles is 1. The Hall–Kier alpha value is -3.33. The smallest absolute Gasteiger partial charge is 0.231 e. The summed E-state index contributed by atoms with van der Waals surface area (Å²) in [5.74, 6) is 3.03. The molecule has 0 saturated carbocycles. The second kappa shape index (κ2) is 10.4. The molecule has 158 valence electrons. The topological polar surface area (TPSA) is 69.9 Å². The molecule has 0 bridgehead atoms. The van der Waals surface area contributed by atoms with Crippen molar-refractivity contribution < 1.29 is 23.7 Å². The highest BCUT2D eigenvalue weighted by molar-refractivity contribution is 5.90. The van der Waals surface area contributed by atoms with E-state index < -0.39 is 0 Å². The number of allylic oxidation sites excluding steroid dienone is 1. The molecule has 1 aliphatic rings. The zero-order chi connectivity index (χ0) is 21.3. The van der Waals surface area contributed by atoms with Crippen LogP contribution in [-0.4, -0.2) is 27.6 Å². The van der Waals surface area contributed by atoms with Crippen molar-refractivity contribution in [1.82, 2.24) is 0 Å². The molecule has 6 nitrogen and oxygen atoms in total. The molecule has 0 saturated heterocycles. The van der Waals surface area contributed by atoms with Crippen LogP contribution >= 0.6 is 0 Å². The minimum Gasteiger partial charge on any atom is -0.493 e. The number of hydrogen-bond donors (Lipinski definition) is 0. The summed E-state index contributed by atoms with van der Waals surface area (Å²) in [4.78, 5) is 0. The molecule has 3 rings (SSSR count). The molecule has 0 amide bonds. The second-order valence-electron chi connectivity index (χ2n) is 6.90. The maximum absolute atomic E-state index is 9.71. The first-order valence-corrected chi connectivity index (χ1v) is 10.1. The van der Waals surface area contributed by atoms with E-state index in [0.717, 1.165) is 24.0 Å². The van der Waals surface area contributed by atoms with Crippen LogP contribution in [-0.2, 0) is 0 Å². The third kappa shape index (κ3) is 4.98. The zero-order valence-electron chi connectivity index (χ0n) is 17.7. The molecule has 0 aromatic heterocycles. The fourth-order valence-corrected chi connectivity index (χ4v) is 3.24. The van der Waals surface area contributed by atoms with Gasteiger partial charge in [-0.2, -0.15) is 5.26 Å². The molecular formula is C24H27NO5. The SMILES string of the molecule is CCCCCCOc1c(OC)cc(/C=C(\C#N)c2ccc3c(c2)OCO3)cc1OC. The summed E-state index contributed by atoms with van der Waals surface area (Å²) >= 11 is 0. The quantitative estimate of drug-likeness (QED) is 0.295. The number of ether oxygens (including phenoxy) is 5. The van der Waals surface area contributed by atoms with Crippen LogP contribution < -0.4 is 23.7 Å². The minimum atomic E-state index is 0.193. The summed E-state index contributed by atoms with van der Waals surface area (Å²) in [6, 6.07) is 11.4. The standard InChI is InChI=1S/C24H27NO5/c1-4-5-6-7-10-28-24-22(26-2)12-17(13-23(24)27-3)11-19(15-25)18-8-9-20-21(14-18)30-16-29-20/h8-9,11-14H,4-7,10,16H2,1-3H3/b19-11+. The van der Waals surface area contributed by atoms with Crippen molar-refractivity contribution in [3.63, 3.8) is 0 Å². The lowest BCUT2D eigenvalue weighted by Crippen LogP contribution is -2.02. The number of rotatable bonds is 10. The molecule has 0 atom stereocenters. The lowest BCUT2D eigenvalue weighted by Gasteiger charge is -2.15. The lowest BCUT2D eigenvalue weighted by atomic mass is 10.0. The number of hydrogen-bond acceptors (Lipinski definition) is 6. The summed E-state index contributed by atoms with van der Waals surface area (Å²) in [7, 11) is 3.19. The van der Waals surface area contributed by atoms with Gasteiger partial charge in [0.25, 0.3) is 0 Å². The predicted octanol–water partition coefficient (Wildman–Crippen LogP) is 5.46. The van der Waals surface area contributed by atoms with E-state index in [1.165, 1.54) is 12.8 Å². The van der Waals surface area contributed by atoms with Crippen molar-refractivity contribution in [3.05, 3.63) is 41.5 Å². The zero-order valence-corrected chi connectivity index (χ0v) is 17.7. The first-order valence-electron chi connectivity index (χ1n) is 10.1. The molecule has 0 aliphatic carbocycles. The van der Waals surface area contributed by atoms with Gasteiger partial charge in [0.05, 0.1) is 32.5 Å². The predicted molar refractivity (Wildman–Crippen MR) is 115 cm³/mol. The highest BCUT2D eigenvalue weighted by Gasteiger charge is 2.17. The number of methoxy groups -OCH3 is 2. The van der Waals surface area contributed by atoms with Gasteiger partial charge in [-0.15, -0.1) is 0 Å². The summed E-state index contributed by atoms with van der Waals surface area (Å²) in [5.41, 5.74) is 2.01. The van der Waals surface area contributed by atoms with Crippen molar-refractivity contribution in [2.24, 2.45) is 0 Å². The molecule has 1 aliphatic heterocycles. The summed E-state index contributed by atoms with van der Waals surface area (Å²) < 4.78 is 27.8. The van der Waals surface area contributed by atoms with Gasteiger partial charge in [0.15, 0.2) is 23.0 Å². The van der Waals surface area contributed by atoms with Crippen LogP contribution in [0.25, 0.3) is 11.6 Å². The number of unbranched alkanes of at least 4 members (excludes halogenated alkanes) is 3. The summed E-state index contributed by atoms with van der Waals surface area (Å²) in [5, 5.41) is 9.71. The molecule has 30 heavy (non-hydrogen) atoms. The van der Waals surface area contributed by atoms with E-state index in [4.69, 9.17) is 23.7 Å². The Bertz CT molecular complexity index is 920. The minimum absolute atomic E-state index is 0.193. The average molecular weight is 409 g/mol. The molecular weight excluding hydrogens is 382 g/mol. The van der Waals surface area contributed by atoms with Gasteiger partial charge in [0.1, 0.15) is 0 Å². The van der Waals surface area contributed by atoms with E-state index in [1.807, 2.05) is 18.2 Å². The summed E-state index contributed by atoms with van der Waals surface area (Å²) in [6.45, 7) is 2.97. The van der Waals surface area contributed by atoms with Gasteiger partial charge in [-0.1, -0.05) is 26.2 Å². The van der Waals surface area contributed by atoms with Crippen molar-refractivity contribution in [2.45, 2.75) is 32.6 Å². The van der Waals surface area contributed by atoms with E-state index in [2.05, 4.69) is 13.0 Å². The Balaban J connectivity index is 1.86. The fraction of sp³-hybridized carbons (Fsp3) is 0.375. The monoisotopic (exact) mass is 409 g/mol. The van der Waals surface area contributed by atoms with Crippen LogP contribution in [0, 0.1) is 11.3 Å². The van der Waals surface area contributed by atoms with Crippen molar-refractivity contribution in [2.75, 3.05) is 27.6 Å². The Morgan fingerprint density at radius 2 is 1.77 bits per heavy atom. The number of benzene rings is 2. The third-order valence-electron chi connectivity index (χ3n) is 4.84. The summed E-state index contributed by atoms with van der Waals surface area (Å²) in [6.07, 6.45) is 6.26. The third-order valence-corrected chi connectivity index (χ3v) is 4.84. The van der Waals surface area contributed by atoms with Gasteiger partial charge < -0.3 is 23.7 Å². The highest BCUT2D eigenvalue weighted by Crippen LogP contribution is 2.40. The van der Waals surface area contributed by atoms with Gasteiger partial charge in [-0.05, 0) is 54.0 Å². The van der Waals surface area contributed by atoms with Crippen LogP contribution in [0.3, 0.4) is 0 Å². The Kier molecular flexibility index (Phi) is 7.45. The van der Waals surface area contributed by atoms with Gasteiger partial charge in [0.2, 0.25) is 12.5 Å². The van der Waals surface area contributed by atoms with Gasteiger partial charge in [-0.25, -0.2) is 0 Å². The second-order valence-corrected chi connectivity index (χ2v) is 6.90. The van der Waals surface area contributed by atoms with Gasteiger partial charge in [-0.3, -0.25) is 0 Å². The van der Waals surface area contributed by atoms with Crippen molar-refractivity contribution in [1.29, 1.82) is 5.26 Å². The maximum atomic E-state index is 9.71. The van der Waals surface area contributed by atoms with Crippen molar-refractivity contribution >= 4 is 11.6 Å². The first kappa shape index (κ1) is 21.4.